The van der Waals surface area contributed by atoms with Gasteiger partial charge in [-0.2, -0.15) is 8.78 Å². The molecule has 1 aromatic rings. The number of hydrogen-bond donors (Lipinski definition) is 1. The lowest BCUT2D eigenvalue weighted by Crippen LogP contribution is -2.19. The molecule has 0 aliphatic carbocycles. The minimum Gasteiger partial charge on any atom is -0.493 e. The number of ether oxygens (including phenoxy) is 2. The maximum absolute atomic E-state index is 12.3. The molecule has 0 aromatic heterocycles. The topological polar surface area (TPSA) is 64.6 Å². The third-order valence-electron chi connectivity index (χ3n) is 2.64. The second kappa shape index (κ2) is 5.68. The van der Waals surface area contributed by atoms with E-state index >= 15 is 0 Å². The van der Waals surface area contributed by atoms with E-state index in [1.165, 1.54) is 25.3 Å². The van der Waals surface area contributed by atoms with E-state index < -0.39 is 12.5 Å². The van der Waals surface area contributed by atoms with E-state index in [9.17, 15) is 18.4 Å². The van der Waals surface area contributed by atoms with Crippen LogP contribution in [0.1, 0.15) is 12.0 Å². The zero-order valence-corrected chi connectivity index (χ0v) is 10.5. The largest absolute Gasteiger partial charge is 0.493 e. The Bertz CT molecular complexity index is 584. The number of halogens is 2. The summed E-state index contributed by atoms with van der Waals surface area (Å²) < 4.78 is 33.8. The zero-order chi connectivity index (χ0) is 14.7. The molecule has 0 saturated carbocycles. The van der Waals surface area contributed by atoms with Crippen molar-refractivity contribution in [2.75, 3.05) is 7.11 Å². The maximum Gasteiger partial charge on any atom is 0.387 e. The quantitative estimate of drug-likeness (QED) is 0.675. The molecule has 1 heterocycles. The van der Waals surface area contributed by atoms with Gasteiger partial charge < -0.3 is 9.47 Å². The van der Waals surface area contributed by atoms with Gasteiger partial charge in [-0.1, -0.05) is 6.07 Å². The number of alkyl halides is 2. The minimum atomic E-state index is -2.98. The molecule has 106 valence electrons. The van der Waals surface area contributed by atoms with Crippen molar-refractivity contribution in [2.45, 2.75) is 13.0 Å². The maximum atomic E-state index is 12.3. The number of carbonyl (C=O) groups is 2. The van der Waals surface area contributed by atoms with Gasteiger partial charge in [-0.25, -0.2) is 0 Å². The van der Waals surface area contributed by atoms with Crippen LogP contribution in [0.4, 0.5) is 8.78 Å². The van der Waals surface area contributed by atoms with Crippen molar-refractivity contribution < 1.29 is 27.8 Å². The number of carbonyl (C=O) groups excluding carboxylic acids is 2. The van der Waals surface area contributed by atoms with Gasteiger partial charge in [0.25, 0.3) is 5.91 Å². The molecule has 7 heteroatoms. The van der Waals surface area contributed by atoms with Gasteiger partial charge in [0.15, 0.2) is 11.5 Å². The minimum absolute atomic E-state index is 0.0318. The molecule has 0 bridgehead atoms. The van der Waals surface area contributed by atoms with Crippen LogP contribution in [0.5, 0.6) is 11.5 Å². The Morgan fingerprint density at radius 1 is 1.30 bits per heavy atom. The summed E-state index contributed by atoms with van der Waals surface area (Å²) in [5.41, 5.74) is 0.726. The lowest BCUT2D eigenvalue weighted by molar-refractivity contribution is -0.124. The molecule has 0 radical (unpaired) electrons. The third kappa shape index (κ3) is 3.11. The van der Waals surface area contributed by atoms with Crippen LogP contribution in [0.15, 0.2) is 23.8 Å². The molecule has 0 unspecified atom stereocenters. The van der Waals surface area contributed by atoms with Crippen LogP contribution in [0.25, 0.3) is 6.08 Å². The van der Waals surface area contributed by atoms with Gasteiger partial charge in [-0.15, -0.1) is 0 Å². The van der Waals surface area contributed by atoms with Crippen LogP contribution in [-0.4, -0.2) is 25.5 Å². The monoisotopic (exact) mass is 283 g/mol. The molecule has 0 spiro atoms. The van der Waals surface area contributed by atoms with Gasteiger partial charge in [-0.3, -0.25) is 14.9 Å². The lowest BCUT2D eigenvalue weighted by Gasteiger charge is -2.10. The van der Waals surface area contributed by atoms with Gasteiger partial charge in [0.05, 0.1) is 13.5 Å². The zero-order valence-electron chi connectivity index (χ0n) is 10.5. The molecular formula is C13H11F2NO4. The fraction of sp³-hybridized carbons (Fsp3) is 0.231. The summed E-state index contributed by atoms with van der Waals surface area (Å²) in [6, 6.07) is 4.33. The number of imide groups is 1. The van der Waals surface area contributed by atoms with Crippen molar-refractivity contribution in [2.24, 2.45) is 0 Å². The van der Waals surface area contributed by atoms with Crippen LogP contribution in [0.3, 0.4) is 0 Å². The van der Waals surface area contributed by atoms with Gasteiger partial charge >= 0.3 is 6.61 Å². The molecule has 5 nitrogen and oxygen atoms in total. The Balaban J connectivity index is 2.31. The molecular weight excluding hydrogens is 272 g/mol. The smallest absolute Gasteiger partial charge is 0.387 e. The average Bonchev–Trinajstić information content (AvgIpc) is 2.67. The number of methoxy groups -OCH3 is 1. The van der Waals surface area contributed by atoms with Gasteiger partial charge in [0, 0.05) is 5.57 Å². The van der Waals surface area contributed by atoms with Crippen molar-refractivity contribution in [1.82, 2.24) is 5.32 Å². The number of hydrogen-bond acceptors (Lipinski definition) is 4. The predicted molar refractivity (Wildman–Crippen MR) is 65.4 cm³/mol. The number of nitrogens with one attached hydrogen (secondary N) is 1. The molecule has 1 aliphatic rings. The first-order valence-electron chi connectivity index (χ1n) is 5.67. The number of amides is 2. The molecule has 1 aliphatic heterocycles. The van der Waals surface area contributed by atoms with Crippen LogP contribution in [-0.2, 0) is 9.59 Å². The number of rotatable bonds is 4. The highest BCUT2D eigenvalue weighted by Crippen LogP contribution is 2.30. The summed E-state index contributed by atoms with van der Waals surface area (Å²) in [4.78, 5) is 22.4. The van der Waals surface area contributed by atoms with E-state index in [0.29, 0.717) is 5.56 Å². The van der Waals surface area contributed by atoms with E-state index in [2.05, 4.69) is 10.1 Å². The van der Waals surface area contributed by atoms with E-state index in [1.807, 2.05) is 0 Å². The SMILES string of the molecule is COc1ccc(C=C2CC(=O)NC2=O)cc1OC(F)F. The van der Waals surface area contributed by atoms with Crippen LogP contribution < -0.4 is 14.8 Å². The molecule has 1 N–H and O–H groups in total. The van der Waals surface area contributed by atoms with E-state index in [-0.39, 0.29) is 29.4 Å². The van der Waals surface area contributed by atoms with E-state index in [1.54, 1.807) is 6.07 Å². The number of benzene rings is 1. The Morgan fingerprint density at radius 2 is 2.05 bits per heavy atom. The first-order valence-corrected chi connectivity index (χ1v) is 5.67. The molecule has 2 rings (SSSR count). The van der Waals surface area contributed by atoms with E-state index in [4.69, 9.17) is 4.74 Å². The molecule has 1 fully saturated rings. The van der Waals surface area contributed by atoms with Crippen molar-refractivity contribution in [3.63, 3.8) is 0 Å². The van der Waals surface area contributed by atoms with Gasteiger partial charge in [0.1, 0.15) is 0 Å². The lowest BCUT2D eigenvalue weighted by atomic mass is 10.1. The normalized spacial score (nSPS) is 16.7. The summed E-state index contributed by atoms with van der Waals surface area (Å²) in [7, 11) is 1.33. The molecule has 0 atom stereocenters. The van der Waals surface area contributed by atoms with Crippen molar-refractivity contribution in [1.29, 1.82) is 0 Å². The molecule has 20 heavy (non-hydrogen) atoms. The Hall–Kier alpha value is -2.44. The van der Waals surface area contributed by atoms with Crippen LogP contribution in [0, 0.1) is 0 Å². The third-order valence-corrected chi connectivity index (χ3v) is 2.64. The Kier molecular flexibility index (Phi) is 3.97. The fourth-order valence-corrected chi connectivity index (χ4v) is 1.79. The predicted octanol–water partition coefficient (Wildman–Crippen LogP) is 1.73. The standard InChI is InChI=1S/C13H11F2NO4/c1-19-9-3-2-7(5-10(9)20-13(14)15)4-8-6-11(17)16-12(8)18/h2-5,13H,6H2,1H3,(H,16,17,18). The molecule has 1 saturated heterocycles. The first-order chi connectivity index (χ1) is 9.49. The van der Waals surface area contributed by atoms with Crippen molar-refractivity contribution in [3.8, 4) is 11.5 Å². The van der Waals surface area contributed by atoms with Gasteiger partial charge in [0.2, 0.25) is 5.91 Å². The van der Waals surface area contributed by atoms with Gasteiger partial charge in [-0.05, 0) is 23.8 Å². The highest BCUT2D eigenvalue weighted by Gasteiger charge is 2.23. The second-order valence-electron chi connectivity index (χ2n) is 4.01. The highest BCUT2D eigenvalue weighted by molar-refractivity contribution is 6.15. The summed E-state index contributed by atoms with van der Waals surface area (Å²) in [5.74, 6) is -0.859. The summed E-state index contributed by atoms with van der Waals surface area (Å²) in [6.07, 6.45) is 1.41. The summed E-state index contributed by atoms with van der Waals surface area (Å²) in [6.45, 7) is -2.98. The summed E-state index contributed by atoms with van der Waals surface area (Å²) >= 11 is 0. The Labute approximate surface area is 113 Å². The fourth-order valence-electron chi connectivity index (χ4n) is 1.79. The summed E-state index contributed by atoms with van der Waals surface area (Å²) in [5, 5.41) is 2.13. The molecule has 1 aromatic carbocycles. The average molecular weight is 283 g/mol. The van der Waals surface area contributed by atoms with Crippen molar-refractivity contribution >= 4 is 17.9 Å². The van der Waals surface area contributed by atoms with Crippen LogP contribution >= 0.6 is 0 Å². The first kappa shape index (κ1) is 14.0. The second-order valence-corrected chi connectivity index (χ2v) is 4.01. The van der Waals surface area contributed by atoms with Crippen LogP contribution in [0.2, 0.25) is 0 Å². The molecule has 2 amide bonds. The van der Waals surface area contributed by atoms with E-state index in [0.717, 1.165) is 0 Å². The Morgan fingerprint density at radius 3 is 2.60 bits per heavy atom. The highest BCUT2D eigenvalue weighted by atomic mass is 19.3. The van der Waals surface area contributed by atoms with Crippen molar-refractivity contribution in [3.05, 3.63) is 29.3 Å².